The lowest BCUT2D eigenvalue weighted by Crippen LogP contribution is -2.14. The van der Waals surface area contributed by atoms with E-state index in [1.54, 1.807) is 6.92 Å². The lowest BCUT2D eigenvalue weighted by molar-refractivity contribution is 0.436. The van der Waals surface area contributed by atoms with Crippen molar-refractivity contribution in [1.82, 2.24) is 4.90 Å². The van der Waals surface area contributed by atoms with Crippen molar-refractivity contribution in [3.8, 4) is 0 Å². The molecule has 0 radical (unpaired) electrons. The molecule has 0 spiro atoms. The Kier molecular flexibility index (Phi) is 9.31. The topological polar surface area (TPSA) is 3.24 Å². The summed E-state index contributed by atoms with van der Waals surface area (Å²) in [6.45, 7) is 8.00. The van der Waals surface area contributed by atoms with Crippen LogP contribution in [0, 0.1) is 0 Å². The van der Waals surface area contributed by atoms with Crippen molar-refractivity contribution in [1.29, 1.82) is 0 Å². The average Bonchev–Trinajstić information content (AvgIpc) is 1.90. The summed E-state index contributed by atoms with van der Waals surface area (Å²) in [6.07, 6.45) is 0. The fraction of sp³-hybridized carbons (Fsp3) is 0.778. The summed E-state index contributed by atoms with van der Waals surface area (Å²) in [7, 11) is 3.85. The van der Waals surface area contributed by atoms with Crippen LogP contribution in [0.1, 0.15) is 27.7 Å². The van der Waals surface area contributed by atoms with Gasteiger partial charge in [0.25, 0.3) is 0 Å². The Labute approximate surface area is 69.9 Å². The maximum Gasteiger partial charge on any atom is 0.0970 e. The third-order valence-corrected chi connectivity index (χ3v) is 1.14. The minimum Gasteiger partial charge on any atom is -0.305 e. The second kappa shape index (κ2) is 7.73. The predicted molar refractivity (Wildman–Crippen MR) is 49.4 cm³/mol. The summed E-state index contributed by atoms with van der Waals surface area (Å²) < 4.78 is 12.3. The molecular formula is C9H20FN. The van der Waals surface area contributed by atoms with Gasteiger partial charge in [-0.1, -0.05) is 13.8 Å². The molecule has 0 unspecified atom stereocenters. The monoisotopic (exact) mass is 161 g/mol. The van der Waals surface area contributed by atoms with Crippen LogP contribution in [-0.2, 0) is 0 Å². The van der Waals surface area contributed by atoms with E-state index in [0.29, 0.717) is 6.54 Å². The van der Waals surface area contributed by atoms with Crippen LogP contribution in [0.2, 0.25) is 0 Å². The fourth-order valence-electron chi connectivity index (χ4n) is 0.583. The van der Waals surface area contributed by atoms with E-state index >= 15 is 0 Å². The van der Waals surface area contributed by atoms with Gasteiger partial charge in [0, 0.05) is 6.54 Å². The lowest BCUT2D eigenvalue weighted by Gasteiger charge is -2.08. The molecule has 0 saturated carbocycles. The van der Waals surface area contributed by atoms with E-state index in [0.717, 1.165) is 5.57 Å². The van der Waals surface area contributed by atoms with Crippen molar-refractivity contribution < 1.29 is 4.39 Å². The van der Waals surface area contributed by atoms with Gasteiger partial charge in [0.05, 0.1) is 5.83 Å². The number of hydrogen-bond acceptors (Lipinski definition) is 1. The first kappa shape index (κ1) is 13.2. The van der Waals surface area contributed by atoms with Gasteiger partial charge in [-0.2, -0.15) is 0 Å². The highest BCUT2D eigenvalue weighted by Crippen LogP contribution is 2.03. The Hall–Kier alpha value is -0.370. The summed E-state index contributed by atoms with van der Waals surface area (Å²) in [4.78, 5) is 1.94. The van der Waals surface area contributed by atoms with E-state index in [2.05, 4.69) is 0 Å². The summed E-state index contributed by atoms with van der Waals surface area (Å²) in [5.74, 6) is -0.0660. The molecule has 0 aliphatic heterocycles. The van der Waals surface area contributed by atoms with E-state index in [9.17, 15) is 4.39 Å². The number of nitrogens with zero attached hydrogens (tertiary/aromatic N) is 1. The van der Waals surface area contributed by atoms with E-state index in [1.807, 2.05) is 32.8 Å². The standard InChI is InChI=1S/C7H14FN.C2H6/c1-6(7(2)8)5-9(3)4;1-2/h5H2,1-4H3;1-2H3/b7-6+;. The highest BCUT2D eigenvalue weighted by Gasteiger charge is 1.95. The maximum atomic E-state index is 12.3. The summed E-state index contributed by atoms with van der Waals surface area (Å²) in [5, 5.41) is 0. The normalized spacial score (nSPS) is 12.0. The Morgan fingerprint density at radius 1 is 1.18 bits per heavy atom. The van der Waals surface area contributed by atoms with Crippen molar-refractivity contribution in [2.45, 2.75) is 27.7 Å². The van der Waals surface area contributed by atoms with Crippen LogP contribution in [0.25, 0.3) is 0 Å². The highest BCUT2D eigenvalue weighted by atomic mass is 19.1. The van der Waals surface area contributed by atoms with Crippen molar-refractivity contribution in [3.05, 3.63) is 11.4 Å². The van der Waals surface area contributed by atoms with Gasteiger partial charge in [-0.3, -0.25) is 0 Å². The molecule has 0 saturated heterocycles. The van der Waals surface area contributed by atoms with Gasteiger partial charge in [0.2, 0.25) is 0 Å². The van der Waals surface area contributed by atoms with Crippen LogP contribution in [0.15, 0.2) is 11.4 Å². The van der Waals surface area contributed by atoms with Gasteiger partial charge in [-0.15, -0.1) is 0 Å². The van der Waals surface area contributed by atoms with Gasteiger partial charge in [-0.25, -0.2) is 4.39 Å². The molecule has 68 valence electrons. The van der Waals surface area contributed by atoms with E-state index in [1.165, 1.54) is 6.92 Å². The first-order valence-electron chi connectivity index (χ1n) is 4.00. The number of rotatable bonds is 2. The molecular weight excluding hydrogens is 141 g/mol. The number of likely N-dealkylation sites (N-methyl/N-ethyl adjacent to an activating group) is 1. The molecule has 0 amide bonds. The fourth-order valence-corrected chi connectivity index (χ4v) is 0.583. The van der Waals surface area contributed by atoms with Crippen LogP contribution >= 0.6 is 0 Å². The minimum absolute atomic E-state index is 0.0660. The van der Waals surface area contributed by atoms with Gasteiger partial charge in [0.1, 0.15) is 0 Å². The molecule has 11 heavy (non-hydrogen) atoms. The van der Waals surface area contributed by atoms with E-state index < -0.39 is 0 Å². The van der Waals surface area contributed by atoms with Crippen LogP contribution in [0.3, 0.4) is 0 Å². The Morgan fingerprint density at radius 3 is 1.64 bits per heavy atom. The average molecular weight is 161 g/mol. The minimum atomic E-state index is -0.0660. The van der Waals surface area contributed by atoms with Gasteiger partial charge < -0.3 is 4.90 Å². The largest absolute Gasteiger partial charge is 0.305 e. The second-order valence-corrected chi connectivity index (χ2v) is 2.55. The van der Waals surface area contributed by atoms with Gasteiger partial charge >= 0.3 is 0 Å². The molecule has 0 aliphatic rings. The Balaban J connectivity index is 0. The summed E-state index contributed by atoms with van der Waals surface area (Å²) in [6, 6.07) is 0. The Morgan fingerprint density at radius 2 is 1.55 bits per heavy atom. The van der Waals surface area contributed by atoms with Gasteiger partial charge in [0.15, 0.2) is 0 Å². The summed E-state index contributed by atoms with van der Waals surface area (Å²) in [5.41, 5.74) is 0.806. The number of halogens is 1. The second-order valence-electron chi connectivity index (χ2n) is 2.55. The van der Waals surface area contributed by atoms with Crippen molar-refractivity contribution in [2.24, 2.45) is 0 Å². The molecule has 0 atom stereocenters. The maximum absolute atomic E-state index is 12.3. The molecule has 0 aromatic heterocycles. The molecule has 0 rings (SSSR count). The smallest absolute Gasteiger partial charge is 0.0970 e. The van der Waals surface area contributed by atoms with Crippen LogP contribution < -0.4 is 0 Å². The van der Waals surface area contributed by atoms with Crippen LogP contribution in [0.5, 0.6) is 0 Å². The third kappa shape index (κ3) is 9.63. The van der Waals surface area contributed by atoms with Crippen molar-refractivity contribution >= 4 is 0 Å². The van der Waals surface area contributed by atoms with Crippen molar-refractivity contribution in [3.63, 3.8) is 0 Å². The molecule has 0 aliphatic carbocycles. The molecule has 2 heteroatoms. The zero-order valence-corrected chi connectivity index (χ0v) is 8.53. The zero-order chi connectivity index (χ0) is 9.44. The Bertz CT molecular complexity index is 113. The van der Waals surface area contributed by atoms with Crippen molar-refractivity contribution in [2.75, 3.05) is 20.6 Å². The molecule has 0 aromatic rings. The first-order chi connectivity index (χ1) is 5.04. The van der Waals surface area contributed by atoms with Gasteiger partial charge in [-0.05, 0) is 33.5 Å². The molecule has 0 N–H and O–H groups in total. The molecule has 0 heterocycles. The quantitative estimate of drug-likeness (QED) is 0.602. The zero-order valence-electron chi connectivity index (χ0n) is 8.53. The molecule has 0 bridgehead atoms. The molecule has 0 fully saturated rings. The van der Waals surface area contributed by atoms with E-state index in [4.69, 9.17) is 0 Å². The molecule has 0 aromatic carbocycles. The molecule has 1 nitrogen and oxygen atoms in total. The lowest BCUT2D eigenvalue weighted by atomic mass is 10.3. The van der Waals surface area contributed by atoms with Crippen LogP contribution in [-0.4, -0.2) is 25.5 Å². The van der Waals surface area contributed by atoms with E-state index in [-0.39, 0.29) is 5.83 Å². The first-order valence-corrected chi connectivity index (χ1v) is 4.00. The summed E-state index contributed by atoms with van der Waals surface area (Å²) >= 11 is 0. The number of hydrogen-bond donors (Lipinski definition) is 0. The highest BCUT2D eigenvalue weighted by molar-refractivity contribution is 5.03. The predicted octanol–water partition coefficient (Wildman–Crippen LogP) is 2.84. The number of allylic oxidation sites excluding steroid dienone is 1. The van der Waals surface area contributed by atoms with Crippen LogP contribution in [0.4, 0.5) is 4.39 Å². The SMILES string of the molecule is C/C(F)=C(/C)CN(C)C.CC. The third-order valence-electron chi connectivity index (χ3n) is 1.14.